The summed E-state index contributed by atoms with van der Waals surface area (Å²) < 4.78 is 0. The van der Waals surface area contributed by atoms with Crippen LogP contribution in [0.15, 0.2) is 48.7 Å². The van der Waals surface area contributed by atoms with Gasteiger partial charge >= 0.3 is 0 Å². The summed E-state index contributed by atoms with van der Waals surface area (Å²) in [4.78, 5) is 15.9. The lowest BCUT2D eigenvalue weighted by molar-refractivity contribution is -0.121. The van der Waals surface area contributed by atoms with Crippen molar-refractivity contribution in [3.63, 3.8) is 0 Å². The molecule has 0 aliphatic rings. The Labute approximate surface area is 130 Å². The number of anilines is 2. The first-order chi connectivity index (χ1) is 10.8. The molecule has 0 spiro atoms. The number of carbonyl (C=O) groups is 1. The lowest BCUT2D eigenvalue weighted by Gasteiger charge is -2.08. The van der Waals surface area contributed by atoms with Gasteiger partial charge < -0.3 is 16.4 Å². The molecule has 22 heavy (non-hydrogen) atoms. The van der Waals surface area contributed by atoms with E-state index in [9.17, 15) is 4.79 Å². The van der Waals surface area contributed by atoms with Gasteiger partial charge in [0.2, 0.25) is 5.91 Å². The normalized spacial score (nSPS) is 10.2. The number of amides is 1. The van der Waals surface area contributed by atoms with Crippen molar-refractivity contribution >= 4 is 17.4 Å². The third kappa shape index (κ3) is 5.44. The molecule has 0 fully saturated rings. The zero-order chi connectivity index (χ0) is 15.6. The van der Waals surface area contributed by atoms with Crippen LogP contribution in [-0.2, 0) is 11.2 Å². The van der Waals surface area contributed by atoms with Crippen molar-refractivity contribution in [2.45, 2.75) is 19.3 Å². The first-order valence-electron chi connectivity index (χ1n) is 7.50. The third-order valence-electron chi connectivity index (χ3n) is 3.32. The Morgan fingerprint density at radius 1 is 1.09 bits per heavy atom. The Kier molecular flexibility index (Phi) is 6.23. The second-order valence-electron chi connectivity index (χ2n) is 5.04. The lowest BCUT2D eigenvalue weighted by Crippen LogP contribution is -2.26. The second-order valence-corrected chi connectivity index (χ2v) is 5.04. The molecule has 0 saturated heterocycles. The Hall–Kier alpha value is -2.56. The molecule has 5 nitrogen and oxygen atoms in total. The number of nitrogens with one attached hydrogen (secondary N) is 2. The van der Waals surface area contributed by atoms with Gasteiger partial charge in [0.15, 0.2) is 0 Å². The molecule has 5 heteroatoms. The van der Waals surface area contributed by atoms with Gasteiger partial charge in [0.05, 0.1) is 0 Å². The number of hydrogen-bond donors (Lipinski definition) is 3. The van der Waals surface area contributed by atoms with E-state index in [-0.39, 0.29) is 5.91 Å². The summed E-state index contributed by atoms with van der Waals surface area (Å²) in [6.45, 7) is 1.44. The second kappa shape index (κ2) is 8.67. The number of nitrogens with two attached hydrogens (primary N) is 1. The van der Waals surface area contributed by atoms with Gasteiger partial charge in [-0.25, -0.2) is 4.98 Å². The smallest absolute Gasteiger partial charge is 0.220 e. The van der Waals surface area contributed by atoms with Crippen LogP contribution in [-0.4, -0.2) is 24.0 Å². The fraction of sp³-hybridized carbons (Fsp3) is 0.294. The van der Waals surface area contributed by atoms with Crippen molar-refractivity contribution in [1.29, 1.82) is 0 Å². The Morgan fingerprint density at radius 3 is 2.68 bits per heavy atom. The molecular weight excluding hydrogens is 276 g/mol. The molecule has 0 unspecified atom stereocenters. The highest BCUT2D eigenvalue weighted by Crippen LogP contribution is 2.12. The van der Waals surface area contributed by atoms with Crippen molar-refractivity contribution in [3.05, 3.63) is 54.2 Å². The molecular formula is C17H22N4O. The summed E-state index contributed by atoms with van der Waals surface area (Å²) in [5.74, 6) is 0.912. The molecule has 2 rings (SSSR count). The standard InChI is InChI=1S/C17H22N4O/c18-15-7-2-1-6-14(15)9-10-17(22)21-13-5-12-20-16-8-3-4-11-19-16/h1-4,6-8,11H,5,9-10,12-13,18H2,(H,19,20)(H,21,22). The van der Waals surface area contributed by atoms with Crippen LogP contribution in [0.2, 0.25) is 0 Å². The van der Waals surface area contributed by atoms with Crippen molar-refractivity contribution < 1.29 is 4.79 Å². The summed E-state index contributed by atoms with van der Waals surface area (Å²) in [6.07, 6.45) is 3.74. The molecule has 0 radical (unpaired) electrons. The quantitative estimate of drug-likeness (QED) is 0.515. The topological polar surface area (TPSA) is 80.0 Å². The van der Waals surface area contributed by atoms with Gasteiger partial charge in [-0.3, -0.25) is 4.79 Å². The number of para-hydroxylation sites is 1. The molecule has 0 atom stereocenters. The average Bonchev–Trinajstić information content (AvgIpc) is 2.55. The number of carbonyl (C=O) groups excluding carboxylic acids is 1. The average molecular weight is 298 g/mol. The summed E-state index contributed by atoms with van der Waals surface area (Å²) in [6, 6.07) is 13.4. The van der Waals surface area contributed by atoms with Crippen LogP contribution in [0.4, 0.5) is 11.5 Å². The summed E-state index contributed by atoms with van der Waals surface area (Å²) in [5.41, 5.74) is 7.62. The third-order valence-corrected chi connectivity index (χ3v) is 3.32. The van der Waals surface area contributed by atoms with Crippen molar-refractivity contribution in [2.24, 2.45) is 0 Å². The van der Waals surface area contributed by atoms with E-state index < -0.39 is 0 Å². The lowest BCUT2D eigenvalue weighted by atomic mass is 10.1. The van der Waals surface area contributed by atoms with Crippen LogP contribution in [0.1, 0.15) is 18.4 Å². The Bertz CT molecular complexity index is 586. The van der Waals surface area contributed by atoms with E-state index in [2.05, 4.69) is 15.6 Å². The van der Waals surface area contributed by atoms with Crippen LogP contribution in [0.25, 0.3) is 0 Å². The minimum Gasteiger partial charge on any atom is -0.399 e. The zero-order valence-electron chi connectivity index (χ0n) is 12.6. The highest BCUT2D eigenvalue weighted by Gasteiger charge is 2.03. The minimum absolute atomic E-state index is 0.0566. The maximum Gasteiger partial charge on any atom is 0.220 e. The molecule has 0 aliphatic heterocycles. The molecule has 0 bridgehead atoms. The Morgan fingerprint density at radius 2 is 1.91 bits per heavy atom. The fourth-order valence-corrected chi connectivity index (χ4v) is 2.10. The monoisotopic (exact) mass is 298 g/mol. The molecule has 116 valence electrons. The van der Waals surface area contributed by atoms with Crippen LogP contribution < -0.4 is 16.4 Å². The van der Waals surface area contributed by atoms with E-state index in [0.717, 1.165) is 30.0 Å². The molecule has 0 aliphatic carbocycles. The van der Waals surface area contributed by atoms with E-state index in [1.807, 2.05) is 42.5 Å². The van der Waals surface area contributed by atoms with Crippen LogP contribution in [0.3, 0.4) is 0 Å². The van der Waals surface area contributed by atoms with Crippen LogP contribution in [0, 0.1) is 0 Å². The Balaban J connectivity index is 1.57. The molecule has 1 aromatic carbocycles. The molecule has 0 saturated carbocycles. The predicted molar refractivity (Wildman–Crippen MR) is 89.5 cm³/mol. The number of hydrogen-bond acceptors (Lipinski definition) is 4. The number of pyridine rings is 1. The highest BCUT2D eigenvalue weighted by atomic mass is 16.1. The van der Waals surface area contributed by atoms with E-state index in [4.69, 9.17) is 5.73 Å². The molecule has 1 heterocycles. The van der Waals surface area contributed by atoms with Gasteiger partial charge in [0.25, 0.3) is 0 Å². The van der Waals surface area contributed by atoms with Gasteiger partial charge in [-0.15, -0.1) is 0 Å². The van der Waals surface area contributed by atoms with Gasteiger partial charge in [0, 0.05) is 31.4 Å². The molecule has 2 aromatic rings. The van der Waals surface area contributed by atoms with E-state index in [1.165, 1.54) is 0 Å². The van der Waals surface area contributed by atoms with E-state index >= 15 is 0 Å². The highest BCUT2D eigenvalue weighted by molar-refractivity contribution is 5.76. The van der Waals surface area contributed by atoms with Crippen LogP contribution >= 0.6 is 0 Å². The summed E-state index contributed by atoms with van der Waals surface area (Å²) >= 11 is 0. The number of aryl methyl sites for hydroxylation is 1. The number of aromatic nitrogens is 1. The van der Waals surface area contributed by atoms with Crippen LogP contribution in [0.5, 0.6) is 0 Å². The maximum atomic E-state index is 11.8. The predicted octanol–water partition coefficient (Wildman–Crippen LogP) is 2.21. The molecule has 1 amide bonds. The number of rotatable bonds is 8. The van der Waals surface area contributed by atoms with E-state index in [1.54, 1.807) is 6.20 Å². The zero-order valence-corrected chi connectivity index (χ0v) is 12.6. The van der Waals surface area contributed by atoms with Crippen molar-refractivity contribution in [2.75, 3.05) is 24.1 Å². The minimum atomic E-state index is 0.0566. The SMILES string of the molecule is Nc1ccccc1CCC(=O)NCCCNc1ccccn1. The van der Waals surface area contributed by atoms with E-state index in [0.29, 0.717) is 19.4 Å². The molecule has 1 aromatic heterocycles. The van der Waals surface area contributed by atoms with Gasteiger partial charge in [0.1, 0.15) is 5.82 Å². The molecule has 4 N–H and O–H groups in total. The summed E-state index contributed by atoms with van der Waals surface area (Å²) in [5, 5.41) is 6.12. The van der Waals surface area contributed by atoms with Crippen molar-refractivity contribution in [3.8, 4) is 0 Å². The number of nitrogen functional groups attached to an aromatic ring is 1. The van der Waals surface area contributed by atoms with Gasteiger partial charge in [-0.05, 0) is 36.6 Å². The number of nitrogens with zero attached hydrogens (tertiary/aromatic N) is 1. The van der Waals surface area contributed by atoms with Gasteiger partial charge in [-0.2, -0.15) is 0 Å². The van der Waals surface area contributed by atoms with Gasteiger partial charge in [-0.1, -0.05) is 24.3 Å². The largest absolute Gasteiger partial charge is 0.399 e. The first-order valence-corrected chi connectivity index (χ1v) is 7.50. The fourth-order valence-electron chi connectivity index (χ4n) is 2.10. The first kappa shape index (κ1) is 15.8. The summed E-state index contributed by atoms with van der Waals surface area (Å²) in [7, 11) is 0. The number of benzene rings is 1. The van der Waals surface area contributed by atoms with Crippen molar-refractivity contribution in [1.82, 2.24) is 10.3 Å². The maximum absolute atomic E-state index is 11.8.